The molecule has 2 unspecified atom stereocenters. The molecule has 4 aliphatic rings. The zero-order chi connectivity index (χ0) is 17.1. The maximum atomic E-state index is 11.4. The van der Waals surface area contributed by atoms with E-state index in [0.29, 0.717) is 26.8 Å². The molecule has 2 aromatic rings. The number of benzene rings is 1. The maximum absolute atomic E-state index is 11.4. The van der Waals surface area contributed by atoms with E-state index in [9.17, 15) is 5.11 Å². The molecule has 3 fully saturated rings. The molecule has 6 rings (SSSR count). The number of hydrogen-bond donors (Lipinski definition) is 1. The molecule has 0 amide bonds. The number of aliphatic hydroxyl groups is 1. The third-order valence-corrected chi connectivity index (χ3v) is 8.02. The number of nitrogens with zero attached hydrogens (tertiary/aromatic N) is 2. The summed E-state index contributed by atoms with van der Waals surface area (Å²) in [6, 6.07) is 6.22. The van der Waals surface area contributed by atoms with Crippen LogP contribution in [0.25, 0.3) is 10.9 Å². The molecule has 0 aliphatic carbocycles. The fourth-order valence-corrected chi connectivity index (χ4v) is 6.34. The van der Waals surface area contributed by atoms with Crippen LogP contribution >= 0.6 is 0 Å². The Hall–Kier alpha value is -1.39. The number of ether oxygens (including phenoxy) is 1. The molecule has 4 aliphatic heterocycles. The van der Waals surface area contributed by atoms with E-state index in [2.05, 4.69) is 17.6 Å². The second kappa shape index (κ2) is 5.82. The molecule has 0 saturated carbocycles. The number of aliphatic hydroxyl groups excluding tert-OH is 1. The molecule has 1 N–H and O–H groups in total. The molecule has 0 spiro atoms. The predicted octanol–water partition coefficient (Wildman–Crippen LogP) is 1.14. The van der Waals surface area contributed by atoms with Crippen LogP contribution < -0.4 is 13.8 Å². The number of piperidine rings is 3. The van der Waals surface area contributed by atoms with Gasteiger partial charge in [0, 0.05) is 0 Å². The van der Waals surface area contributed by atoms with Gasteiger partial charge < -0.3 is 0 Å². The van der Waals surface area contributed by atoms with Crippen LogP contribution in [0.2, 0.25) is 0 Å². The zero-order valence-electron chi connectivity index (χ0n) is 14.3. The predicted molar refractivity (Wildman–Crippen MR) is 100 cm³/mol. The normalized spacial score (nSPS) is 30.8. The van der Waals surface area contributed by atoms with E-state index in [-0.39, 0.29) is 6.04 Å². The van der Waals surface area contributed by atoms with Crippen molar-refractivity contribution < 1.29 is 9.84 Å². The van der Waals surface area contributed by atoms with Gasteiger partial charge >= 0.3 is 154 Å². The third kappa shape index (κ3) is 2.45. The van der Waals surface area contributed by atoms with Gasteiger partial charge in [-0.05, 0) is 0 Å². The Balaban J connectivity index is 1.56. The molecule has 5 heterocycles. The van der Waals surface area contributed by atoms with Crippen molar-refractivity contribution in [3.8, 4) is 5.75 Å². The van der Waals surface area contributed by atoms with Crippen LogP contribution in [0.1, 0.15) is 24.5 Å². The Labute approximate surface area is 154 Å². The molecule has 1 aromatic carbocycles. The van der Waals surface area contributed by atoms with Gasteiger partial charge in [-0.15, -0.1) is 0 Å². The van der Waals surface area contributed by atoms with Crippen LogP contribution in [0.15, 0.2) is 30.9 Å². The van der Waals surface area contributed by atoms with Gasteiger partial charge in [0.15, 0.2) is 0 Å². The summed E-state index contributed by atoms with van der Waals surface area (Å²) in [6.45, 7) is 6.14. The van der Waals surface area contributed by atoms with Crippen molar-refractivity contribution in [2.24, 2.45) is 11.8 Å². The van der Waals surface area contributed by atoms with E-state index in [1.807, 2.05) is 18.2 Å². The molecule has 2 bridgehead atoms. The molecular formula is C20H22N2O2Se. The minimum atomic E-state index is -0.440. The van der Waals surface area contributed by atoms with Crippen LogP contribution in [-0.2, 0) is 0 Å². The first-order valence-corrected chi connectivity index (χ1v) is 10.6. The van der Waals surface area contributed by atoms with Crippen molar-refractivity contribution >= 4 is 34.9 Å². The summed E-state index contributed by atoms with van der Waals surface area (Å²) in [4.78, 5) is 7.22. The zero-order valence-corrected chi connectivity index (χ0v) is 16.0. The first-order valence-electron chi connectivity index (χ1n) is 8.93. The van der Waals surface area contributed by atoms with Crippen molar-refractivity contribution in [2.45, 2.75) is 25.0 Å². The van der Waals surface area contributed by atoms with Gasteiger partial charge in [0.2, 0.25) is 0 Å². The van der Waals surface area contributed by atoms with Gasteiger partial charge in [0.25, 0.3) is 0 Å². The van der Waals surface area contributed by atoms with Crippen LogP contribution in [0, 0.1) is 11.8 Å². The summed E-state index contributed by atoms with van der Waals surface area (Å²) < 4.78 is 7.93. The first-order chi connectivity index (χ1) is 12.2. The van der Waals surface area contributed by atoms with E-state index in [4.69, 9.17) is 9.72 Å². The summed E-state index contributed by atoms with van der Waals surface area (Å²) >= 11 is 0.329. The third-order valence-electron chi connectivity index (χ3n) is 6.13. The molecule has 1 aromatic heterocycles. The summed E-state index contributed by atoms with van der Waals surface area (Å²) in [7, 11) is 1.69. The van der Waals surface area contributed by atoms with Crippen molar-refractivity contribution in [1.29, 1.82) is 0 Å². The SMILES string of the molecule is C=C[C@H]1CN2CCC1C[C@H]2[C@H](O)c1c2c(nc3ccc(OC)cc13)[Se]2. The van der Waals surface area contributed by atoms with Gasteiger partial charge in [-0.25, -0.2) is 0 Å². The van der Waals surface area contributed by atoms with E-state index < -0.39 is 6.10 Å². The average Bonchev–Trinajstić information content (AvgIpc) is 3.44. The molecule has 0 radical (unpaired) electrons. The second-order valence-corrected chi connectivity index (χ2v) is 9.43. The van der Waals surface area contributed by atoms with E-state index >= 15 is 0 Å². The van der Waals surface area contributed by atoms with E-state index in [0.717, 1.165) is 41.7 Å². The van der Waals surface area contributed by atoms with Crippen molar-refractivity contribution in [3.63, 3.8) is 0 Å². The second-order valence-electron chi connectivity index (χ2n) is 7.34. The number of pyridine rings is 1. The standard InChI is InChI=1S/C20H22N2O2Se/c1-3-11-10-22-7-6-12(11)8-16(22)18(23)17-14-9-13(24-2)4-5-15(14)21-20-19(17)25-20/h3-5,9,11-12,16,18,23H,1,6-8,10H2,2H3/t11-,12?,16-,18-/m0/s1. The summed E-state index contributed by atoms with van der Waals surface area (Å²) in [5, 5.41) is 12.4. The first kappa shape index (κ1) is 15.8. The average molecular weight is 401 g/mol. The Morgan fingerprint density at radius 3 is 3.08 bits per heavy atom. The number of fused-ring (bicyclic) bond motifs is 5. The Kier molecular flexibility index (Phi) is 3.68. The van der Waals surface area contributed by atoms with Crippen molar-refractivity contribution in [1.82, 2.24) is 9.88 Å². The number of hydrogen-bond acceptors (Lipinski definition) is 4. The van der Waals surface area contributed by atoms with Crippen LogP contribution in [0.3, 0.4) is 0 Å². The quantitative estimate of drug-likeness (QED) is 0.526. The number of rotatable bonds is 4. The van der Waals surface area contributed by atoms with Gasteiger partial charge in [-0.3, -0.25) is 0 Å². The molecule has 130 valence electrons. The van der Waals surface area contributed by atoms with Crippen molar-refractivity contribution in [2.75, 3.05) is 20.2 Å². The Bertz CT molecular complexity index is 868. The van der Waals surface area contributed by atoms with Gasteiger partial charge in [-0.2, -0.15) is 0 Å². The topological polar surface area (TPSA) is 45.6 Å². The molecule has 3 saturated heterocycles. The Morgan fingerprint density at radius 1 is 1.48 bits per heavy atom. The number of aromatic nitrogens is 1. The molecule has 5 heteroatoms. The molecule has 25 heavy (non-hydrogen) atoms. The Morgan fingerprint density at radius 2 is 2.36 bits per heavy atom. The molecule has 4 nitrogen and oxygen atoms in total. The fourth-order valence-electron chi connectivity index (χ4n) is 4.69. The van der Waals surface area contributed by atoms with Crippen molar-refractivity contribution in [3.05, 3.63) is 36.4 Å². The fraction of sp³-hybridized carbons (Fsp3) is 0.450. The summed E-state index contributed by atoms with van der Waals surface area (Å²) in [6.07, 6.45) is 3.96. The molecule has 5 atom stereocenters. The van der Waals surface area contributed by atoms with Gasteiger partial charge in [0.05, 0.1) is 0 Å². The van der Waals surface area contributed by atoms with Crippen LogP contribution in [0.4, 0.5) is 0 Å². The monoisotopic (exact) mass is 402 g/mol. The summed E-state index contributed by atoms with van der Waals surface area (Å²) in [5.41, 5.74) is 2.10. The van der Waals surface area contributed by atoms with Gasteiger partial charge in [-0.1, -0.05) is 0 Å². The minimum absolute atomic E-state index is 0.215. The number of methoxy groups -OCH3 is 1. The molecular weight excluding hydrogens is 379 g/mol. The van der Waals surface area contributed by atoms with E-state index in [1.165, 1.54) is 15.5 Å². The van der Waals surface area contributed by atoms with E-state index in [1.54, 1.807) is 7.11 Å². The summed E-state index contributed by atoms with van der Waals surface area (Å²) in [5.74, 6) is 2.07. The van der Waals surface area contributed by atoms with Gasteiger partial charge in [0.1, 0.15) is 0 Å². The van der Waals surface area contributed by atoms with Crippen LogP contribution in [0.5, 0.6) is 5.75 Å². The van der Waals surface area contributed by atoms with Crippen LogP contribution in [-0.4, -0.2) is 56.2 Å².